The summed E-state index contributed by atoms with van der Waals surface area (Å²) in [5.41, 5.74) is 0.0756. The number of carbonyl (C=O) groups excluding carboxylic acids is 1. The molecule has 2 N–H and O–H groups in total. The molecule has 5 nitrogen and oxygen atoms in total. The number of hydrogen-bond donors (Lipinski definition) is 2. The first-order chi connectivity index (χ1) is 8.16. The number of amides is 1. The predicted octanol–water partition coefficient (Wildman–Crippen LogP) is 1.08. The minimum atomic E-state index is -0.331. The van der Waals surface area contributed by atoms with Gasteiger partial charge in [0.1, 0.15) is 5.75 Å². The van der Waals surface area contributed by atoms with Crippen LogP contribution in [0.25, 0.3) is 0 Å². The number of hydrogen-bond acceptors (Lipinski definition) is 4. The van der Waals surface area contributed by atoms with E-state index < -0.39 is 0 Å². The summed E-state index contributed by atoms with van der Waals surface area (Å²) in [5.74, 6) is -0.424. The van der Waals surface area contributed by atoms with Crippen LogP contribution in [0.3, 0.4) is 0 Å². The van der Waals surface area contributed by atoms with Gasteiger partial charge in [-0.15, -0.1) is 0 Å². The first kappa shape index (κ1) is 11.9. The standard InChI is InChI=1S/C12H16N2O3/c1-8-7-9(4-6-17-8)14-12(16)11-10(15)3-2-5-13-11/h2-3,5,8-9,15H,4,6-7H2,1H3,(H,14,16). The van der Waals surface area contributed by atoms with Crippen LogP contribution in [0.1, 0.15) is 30.3 Å². The van der Waals surface area contributed by atoms with Gasteiger partial charge in [-0.3, -0.25) is 4.79 Å². The Balaban J connectivity index is 1.99. The third-order valence-electron chi connectivity index (χ3n) is 2.82. The second kappa shape index (κ2) is 5.14. The average molecular weight is 236 g/mol. The Hall–Kier alpha value is -1.62. The minimum absolute atomic E-state index is 0.0756. The van der Waals surface area contributed by atoms with Crippen molar-refractivity contribution < 1.29 is 14.6 Å². The highest BCUT2D eigenvalue weighted by atomic mass is 16.5. The minimum Gasteiger partial charge on any atom is -0.505 e. The Bertz CT molecular complexity index is 408. The molecule has 0 radical (unpaired) electrons. The van der Waals surface area contributed by atoms with Crippen LogP contribution in [-0.2, 0) is 4.74 Å². The van der Waals surface area contributed by atoms with Gasteiger partial charge in [0.05, 0.1) is 6.10 Å². The van der Waals surface area contributed by atoms with Crippen molar-refractivity contribution in [1.29, 1.82) is 0 Å². The van der Waals surface area contributed by atoms with Gasteiger partial charge in [-0.2, -0.15) is 0 Å². The van der Waals surface area contributed by atoms with Crippen LogP contribution in [0.2, 0.25) is 0 Å². The molecule has 2 unspecified atom stereocenters. The number of nitrogens with zero attached hydrogens (tertiary/aromatic N) is 1. The second-order valence-electron chi connectivity index (χ2n) is 4.25. The molecule has 1 saturated heterocycles. The maximum Gasteiger partial charge on any atom is 0.273 e. The molecule has 1 fully saturated rings. The summed E-state index contributed by atoms with van der Waals surface area (Å²) in [6, 6.07) is 3.13. The van der Waals surface area contributed by atoms with Gasteiger partial charge in [0.25, 0.3) is 5.91 Å². The molecule has 17 heavy (non-hydrogen) atoms. The normalized spacial score (nSPS) is 24.3. The molecule has 1 aliphatic heterocycles. The molecule has 1 amide bonds. The molecule has 5 heteroatoms. The summed E-state index contributed by atoms with van der Waals surface area (Å²) in [6.45, 7) is 2.64. The van der Waals surface area contributed by atoms with Crippen molar-refractivity contribution in [3.05, 3.63) is 24.0 Å². The average Bonchev–Trinajstić information content (AvgIpc) is 2.29. The zero-order chi connectivity index (χ0) is 12.3. The van der Waals surface area contributed by atoms with Crippen LogP contribution in [0.5, 0.6) is 5.75 Å². The second-order valence-corrected chi connectivity index (χ2v) is 4.25. The number of nitrogens with one attached hydrogen (secondary N) is 1. The van der Waals surface area contributed by atoms with Crippen molar-refractivity contribution in [1.82, 2.24) is 10.3 Å². The van der Waals surface area contributed by atoms with E-state index in [-0.39, 0.29) is 29.5 Å². The number of carbonyl (C=O) groups is 1. The van der Waals surface area contributed by atoms with E-state index in [2.05, 4.69) is 10.3 Å². The molecule has 0 saturated carbocycles. The molecule has 0 aromatic carbocycles. The van der Waals surface area contributed by atoms with E-state index >= 15 is 0 Å². The van der Waals surface area contributed by atoms with Crippen molar-refractivity contribution in [2.24, 2.45) is 0 Å². The molecule has 1 aromatic rings. The van der Waals surface area contributed by atoms with Crippen LogP contribution in [0.15, 0.2) is 18.3 Å². The molecule has 0 spiro atoms. The lowest BCUT2D eigenvalue weighted by atomic mass is 10.0. The van der Waals surface area contributed by atoms with Crippen LogP contribution < -0.4 is 5.32 Å². The van der Waals surface area contributed by atoms with Crippen molar-refractivity contribution in [3.8, 4) is 5.75 Å². The topological polar surface area (TPSA) is 71.5 Å². The van der Waals surface area contributed by atoms with E-state index in [4.69, 9.17) is 4.74 Å². The van der Waals surface area contributed by atoms with Crippen LogP contribution in [0.4, 0.5) is 0 Å². The first-order valence-corrected chi connectivity index (χ1v) is 5.73. The highest BCUT2D eigenvalue weighted by Gasteiger charge is 2.22. The van der Waals surface area contributed by atoms with Gasteiger partial charge in [-0.1, -0.05) is 0 Å². The number of aromatic nitrogens is 1. The summed E-state index contributed by atoms with van der Waals surface area (Å²) in [5, 5.41) is 12.4. The van der Waals surface area contributed by atoms with Gasteiger partial charge in [-0.05, 0) is 31.9 Å². The quantitative estimate of drug-likeness (QED) is 0.806. The summed E-state index contributed by atoms with van der Waals surface area (Å²) in [6.07, 6.45) is 3.23. The smallest absolute Gasteiger partial charge is 0.273 e. The zero-order valence-electron chi connectivity index (χ0n) is 9.72. The van der Waals surface area contributed by atoms with Gasteiger partial charge in [0.15, 0.2) is 5.69 Å². The van der Waals surface area contributed by atoms with Gasteiger partial charge >= 0.3 is 0 Å². The molecule has 2 rings (SSSR count). The maximum absolute atomic E-state index is 11.9. The third-order valence-corrected chi connectivity index (χ3v) is 2.82. The lowest BCUT2D eigenvalue weighted by Gasteiger charge is -2.27. The summed E-state index contributed by atoms with van der Waals surface area (Å²) < 4.78 is 5.40. The Kier molecular flexibility index (Phi) is 3.58. The molecule has 0 bridgehead atoms. The SMILES string of the molecule is CC1CC(NC(=O)c2ncccc2O)CCO1. The van der Waals surface area contributed by atoms with Crippen LogP contribution in [0, 0.1) is 0 Å². The fourth-order valence-corrected chi connectivity index (χ4v) is 1.95. The molecule has 2 heterocycles. The number of ether oxygens (including phenoxy) is 1. The predicted molar refractivity (Wildman–Crippen MR) is 61.8 cm³/mol. The van der Waals surface area contributed by atoms with Crippen molar-refractivity contribution >= 4 is 5.91 Å². The van der Waals surface area contributed by atoms with Gasteiger partial charge in [0.2, 0.25) is 0 Å². The maximum atomic E-state index is 11.9. The Morgan fingerprint density at radius 2 is 2.47 bits per heavy atom. The fourth-order valence-electron chi connectivity index (χ4n) is 1.95. The van der Waals surface area contributed by atoms with E-state index in [0.717, 1.165) is 12.8 Å². The largest absolute Gasteiger partial charge is 0.505 e. The van der Waals surface area contributed by atoms with Gasteiger partial charge in [-0.25, -0.2) is 4.98 Å². The van der Waals surface area contributed by atoms with Crippen molar-refractivity contribution in [2.45, 2.75) is 31.9 Å². The summed E-state index contributed by atoms with van der Waals surface area (Å²) >= 11 is 0. The Morgan fingerprint density at radius 1 is 1.65 bits per heavy atom. The van der Waals surface area contributed by atoms with E-state index in [1.165, 1.54) is 12.3 Å². The number of aromatic hydroxyl groups is 1. The Morgan fingerprint density at radius 3 is 3.18 bits per heavy atom. The molecule has 1 aromatic heterocycles. The highest BCUT2D eigenvalue weighted by molar-refractivity contribution is 5.94. The summed E-state index contributed by atoms with van der Waals surface area (Å²) in [4.78, 5) is 15.7. The first-order valence-electron chi connectivity index (χ1n) is 5.73. The molecule has 2 atom stereocenters. The molecule has 0 aliphatic carbocycles. The van der Waals surface area contributed by atoms with E-state index in [9.17, 15) is 9.90 Å². The van der Waals surface area contributed by atoms with Crippen molar-refractivity contribution in [3.63, 3.8) is 0 Å². The molecular formula is C12H16N2O3. The molecular weight excluding hydrogens is 220 g/mol. The zero-order valence-corrected chi connectivity index (χ0v) is 9.72. The lowest BCUT2D eigenvalue weighted by Crippen LogP contribution is -2.41. The lowest BCUT2D eigenvalue weighted by molar-refractivity contribution is 0.0136. The monoisotopic (exact) mass is 236 g/mol. The highest BCUT2D eigenvalue weighted by Crippen LogP contribution is 2.16. The fraction of sp³-hybridized carbons (Fsp3) is 0.500. The third kappa shape index (κ3) is 2.94. The van der Waals surface area contributed by atoms with Crippen LogP contribution >= 0.6 is 0 Å². The van der Waals surface area contributed by atoms with Crippen molar-refractivity contribution in [2.75, 3.05) is 6.61 Å². The number of rotatable bonds is 2. The number of pyridine rings is 1. The summed E-state index contributed by atoms with van der Waals surface area (Å²) in [7, 11) is 0. The molecule has 1 aliphatic rings. The van der Waals surface area contributed by atoms with Crippen LogP contribution in [-0.4, -0.2) is 34.8 Å². The van der Waals surface area contributed by atoms with E-state index in [0.29, 0.717) is 6.61 Å². The van der Waals surface area contributed by atoms with E-state index in [1.807, 2.05) is 6.92 Å². The molecule has 92 valence electrons. The van der Waals surface area contributed by atoms with Gasteiger partial charge < -0.3 is 15.2 Å². The van der Waals surface area contributed by atoms with E-state index in [1.54, 1.807) is 6.07 Å². The Labute approximate surface area is 99.8 Å². The van der Waals surface area contributed by atoms with Gasteiger partial charge in [0, 0.05) is 18.8 Å².